The fourth-order valence-corrected chi connectivity index (χ4v) is 2.63. The lowest BCUT2D eigenvalue weighted by molar-refractivity contribution is 0.0620. The molecule has 0 saturated carbocycles. The van der Waals surface area contributed by atoms with Crippen LogP contribution in [-0.4, -0.2) is 56.8 Å². The third-order valence-corrected chi connectivity index (χ3v) is 4.04. The molecule has 0 bridgehead atoms. The van der Waals surface area contributed by atoms with Crippen LogP contribution in [0.25, 0.3) is 0 Å². The van der Waals surface area contributed by atoms with Crippen molar-refractivity contribution in [3.8, 4) is 0 Å². The second-order valence-electron chi connectivity index (χ2n) is 5.63. The van der Waals surface area contributed by atoms with Crippen molar-refractivity contribution in [3.05, 3.63) is 58.0 Å². The Kier molecular flexibility index (Phi) is 4.47. The summed E-state index contributed by atoms with van der Waals surface area (Å²) in [6.45, 7) is 5.74. The van der Waals surface area contributed by atoms with Crippen LogP contribution in [0.5, 0.6) is 0 Å². The SMILES string of the molecule is Cc1cccnc1CN1CCN(C(=O)c2c[nH]c(=O)cn2)CC1. The number of nitrogens with one attached hydrogen (secondary N) is 1. The fourth-order valence-electron chi connectivity index (χ4n) is 2.63. The third kappa shape index (κ3) is 3.62. The molecule has 1 saturated heterocycles. The number of rotatable bonds is 3. The number of aromatic nitrogens is 3. The molecule has 3 rings (SSSR count). The number of nitrogens with zero attached hydrogens (tertiary/aromatic N) is 4. The molecule has 2 aromatic rings. The molecular weight excluding hydrogens is 294 g/mol. The van der Waals surface area contributed by atoms with Crippen molar-refractivity contribution in [3.63, 3.8) is 0 Å². The van der Waals surface area contributed by atoms with E-state index in [0.29, 0.717) is 13.1 Å². The topological polar surface area (TPSA) is 82.2 Å². The number of piperazine rings is 1. The molecule has 0 atom stereocenters. The summed E-state index contributed by atoms with van der Waals surface area (Å²) in [5.74, 6) is -0.144. The second-order valence-corrected chi connectivity index (χ2v) is 5.63. The zero-order valence-electron chi connectivity index (χ0n) is 13.0. The molecule has 1 N–H and O–H groups in total. The van der Waals surface area contributed by atoms with E-state index < -0.39 is 0 Å². The lowest BCUT2D eigenvalue weighted by Crippen LogP contribution is -2.48. The average Bonchev–Trinajstić information content (AvgIpc) is 2.58. The molecule has 1 fully saturated rings. The first-order valence-electron chi connectivity index (χ1n) is 7.60. The van der Waals surface area contributed by atoms with E-state index in [1.807, 2.05) is 12.3 Å². The van der Waals surface area contributed by atoms with Gasteiger partial charge in [-0.1, -0.05) is 6.07 Å². The maximum absolute atomic E-state index is 12.3. The highest BCUT2D eigenvalue weighted by molar-refractivity contribution is 5.92. The largest absolute Gasteiger partial charge is 0.335 e. The molecule has 7 heteroatoms. The van der Waals surface area contributed by atoms with E-state index in [0.717, 1.165) is 31.5 Å². The van der Waals surface area contributed by atoms with Crippen LogP contribution in [0, 0.1) is 6.92 Å². The van der Waals surface area contributed by atoms with Crippen molar-refractivity contribution in [2.75, 3.05) is 26.2 Å². The van der Waals surface area contributed by atoms with Gasteiger partial charge in [-0.05, 0) is 18.6 Å². The highest BCUT2D eigenvalue weighted by atomic mass is 16.2. The number of amides is 1. The van der Waals surface area contributed by atoms with Gasteiger partial charge >= 0.3 is 0 Å². The zero-order valence-corrected chi connectivity index (χ0v) is 13.0. The lowest BCUT2D eigenvalue weighted by Gasteiger charge is -2.34. The minimum atomic E-state index is -0.308. The number of carbonyl (C=O) groups is 1. The van der Waals surface area contributed by atoms with Gasteiger partial charge in [-0.2, -0.15) is 0 Å². The Morgan fingerprint density at radius 1 is 1.26 bits per heavy atom. The molecule has 1 aliphatic heterocycles. The molecule has 120 valence electrons. The van der Waals surface area contributed by atoms with Crippen LogP contribution in [0.3, 0.4) is 0 Å². The molecule has 23 heavy (non-hydrogen) atoms. The Morgan fingerprint density at radius 3 is 2.70 bits per heavy atom. The van der Waals surface area contributed by atoms with Crippen LogP contribution in [-0.2, 0) is 6.54 Å². The van der Waals surface area contributed by atoms with Crippen molar-refractivity contribution < 1.29 is 4.79 Å². The highest BCUT2D eigenvalue weighted by Gasteiger charge is 2.23. The number of pyridine rings is 1. The molecule has 0 spiro atoms. The number of H-pyrrole nitrogens is 1. The van der Waals surface area contributed by atoms with Crippen LogP contribution in [0.15, 0.2) is 35.5 Å². The minimum absolute atomic E-state index is 0.144. The van der Waals surface area contributed by atoms with E-state index in [1.165, 1.54) is 11.8 Å². The van der Waals surface area contributed by atoms with Crippen LogP contribution < -0.4 is 5.56 Å². The number of aryl methyl sites for hydroxylation is 1. The van der Waals surface area contributed by atoms with E-state index in [9.17, 15) is 9.59 Å². The Morgan fingerprint density at radius 2 is 2.04 bits per heavy atom. The van der Waals surface area contributed by atoms with Gasteiger partial charge in [0.15, 0.2) is 0 Å². The van der Waals surface area contributed by atoms with E-state index in [2.05, 4.69) is 32.8 Å². The second kappa shape index (κ2) is 6.70. The first-order valence-corrected chi connectivity index (χ1v) is 7.60. The molecule has 1 amide bonds. The van der Waals surface area contributed by atoms with E-state index in [1.54, 1.807) is 4.90 Å². The van der Waals surface area contributed by atoms with Gasteiger partial charge in [-0.3, -0.25) is 19.5 Å². The van der Waals surface area contributed by atoms with Crippen molar-refractivity contribution >= 4 is 5.91 Å². The molecule has 3 heterocycles. The van der Waals surface area contributed by atoms with Gasteiger partial charge in [0.25, 0.3) is 11.5 Å². The monoisotopic (exact) mass is 313 g/mol. The summed E-state index contributed by atoms with van der Waals surface area (Å²) < 4.78 is 0. The summed E-state index contributed by atoms with van der Waals surface area (Å²) in [5, 5.41) is 0. The number of carbonyl (C=O) groups excluding carboxylic acids is 1. The summed E-state index contributed by atoms with van der Waals surface area (Å²) in [5.41, 5.74) is 2.23. The molecule has 0 unspecified atom stereocenters. The normalized spacial score (nSPS) is 15.6. The van der Waals surface area contributed by atoms with Gasteiger partial charge in [0.2, 0.25) is 0 Å². The van der Waals surface area contributed by atoms with Gasteiger partial charge in [0.05, 0.1) is 11.9 Å². The van der Waals surface area contributed by atoms with Crippen LogP contribution >= 0.6 is 0 Å². The summed E-state index contributed by atoms with van der Waals surface area (Å²) in [6.07, 6.45) is 4.31. The summed E-state index contributed by atoms with van der Waals surface area (Å²) in [7, 11) is 0. The smallest absolute Gasteiger partial charge is 0.274 e. The molecule has 0 radical (unpaired) electrons. The molecule has 2 aromatic heterocycles. The molecule has 1 aliphatic rings. The minimum Gasteiger partial charge on any atom is -0.335 e. The number of hydrogen-bond acceptors (Lipinski definition) is 5. The van der Waals surface area contributed by atoms with E-state index in [-0.39, 0.29) is 17.2 Å². The maximum Gasteiger partial charge on any atom is 0.274 e. The Labute approximate surface area is 134 Å². The van der Waals surface area contributed by atoms with Crippen LogP contribution in [0.4, 0.5) is 0 Å². The molecule has 0 aromatic carbocycles. The third-order valence-electron chi connectivity index (χ3n) is 4.04. The lowest BCUT2D eigenvalue weighted by atomic mass is 10.2. The molecule has 0 aliphatic carbocycles. The number of hydrogen-bond donors (Lipinski definition) is 1. The number of aromatic amines is 1. The Balaban J connectivity index is 1.58. The maximum atomic E-state index is 12.3. The van der Waals surface area contributed by atoms with Crippen molar-refractivity contribution in [1.82, 2.24) is 24.8 Å². The first kappa shape index (κ1) is 15.4. The van der Waals surface area contributed by atoms with Gasteiger partial charge in [0, 0.05) is 45.1 Å². The highest BCUT2D eigenvalue weighted by Crippen LogP contribution is 2.11. The van der Waals surface area contributed by atoms with Gasteiger partial charge < -0.3 is 9.88 Å². The van der Waals surface area contributed by atoms with Gasteiger partial charge in [-0.25, -0.2) is 4.98 Å². The zero-order chi connectivity index (χ0) is 16.2. The predicted octanol–water partition coefficient (Wildman–Crippen LogP) is 0.431. The summed E-state index contributed by atoms with van der Waals surface area (Å²) in [4.78, 5) is 38.2. The van der Waals surface area contributed by atoms with Crippen LogP contribution in [0.2, 0.25) is 0 Å². The van der Waals surface area contributed by atoms with E-state index in [4.69, 9.17) is 0 Å². The summed E-state index contributed by atoms with van der Waals surface area (Å²) >= 11 is 0. The molecular formula is C16H19N5O2. The quantitative estimate of drug-likeness (QED) is 0.888. The summed E-state index contributed by atoms with van der Waals surface area (Å²) in [6, 6.07) is 4.00. The van der Waals surface area contributed by atoms with Crippen molar-refractivity contribution in [2.24, 2.45) is 0 Å². The predicted molar refractivity (Wildman–Crippen MR) is 85.0 cm³/mol. The Bertz CT molecular complexity index is 730. The fraction of sp³-hybridized carbons (Fsp3) is 0.375. The standard InChI is InChI=1S/C16H19N5O2/c1-12-3-2-4-17-14(12)11-20-5-7-21(8-6-20)16(23)13-9-19-15(22)10-18-13/h2-4,9-10H,5-8,11H2,1H3,(H,19,22). The van der Waals surface area contributed by atoms with Crippen LogP contribution in [0.1, 0.15) is 21.7 Å². The van der Waals surface area contributed by atoms with Gasteiger partial charge in [0.1, 0.15) is 5.69 Å². The van der Waals surface area contributed by atoms with Crippen molar-refractivity contribution in [1.29, 1.82) is 0 Å². The molecule has 7 nitrogen and oxygen atoms in total. The average molecular weight is 313 g/mol. The Hall–Kier alpha value is -2.54. The van der Waals surface area contributed by atoms with Gasteiger partial charge in [-0.15, -0.1) is 0 Å². The van der Waals surface area contributed by atoms with E-state index >= 15 is 0 Å². The first-order chi connectivity index (χ1) is 11.1. The van der Waals surface area contributed by atoms with Crippen molar-refractivity contribution in [2.45, 2.75) is 13.5 Å².